The lowest BCUT2D eigenvalue weighted by atomic mass is 10.2. The number of nitrogens with zero attached hydrogens (tertiary/aromatic N) is 2. The van der Waals surface area contributed by atoms with Crippen LogP contribution in [0, 0.1) is 0 Å². The van der Waals surface area contributed by atoms with Gasteiger partial charge in [-0.25, -0.2) is 9.78 Å². The van der Waals surface area contributed by atoms with Crippen LogP contribution in [0.15, 0.2) is 42.5 Å². The summed E-state index contributed by atoms with van der Waals surface area (Å²) in [6, 6.07) is 12.6. The Hall–Kier alpha value is -2.02. The van der Waals surface area contributed by atoms with Crippen molar-refractivity contribution in [1.29, 1.82) is 0 Å². The first kappa shape index (κ1) is 20.7. The molecule has 28 heavy (non-hydrogen) atoms. The number of methoxy groups -OCH3 is 1. The standard InChI is InChI=1S/C20H17BrCl2N2O3/c1-3-28-20(26)18-17(11-21)25(13-5-7-14(27-2)8-6-13)19(24-18)15-9-4-12(22)10-16(15)23/h4-10H,3,11H2,1-2H3. The minimum Gasteiger partial charge on any atom is -0.497 e. The van der Waals surface area contributed by atoms with Gasteiger partial charge in [0.1, 0.15) is 11.6 Å². The molecule has 5 nitrogen and oxygen atoms in total. The summed E-state index contributed by atoms with van der Waals surface area (Å²) in [6.07, 6.45) is 0. The average Bonchev–Trinajstić information content (AvgIpc) is 3.07. The highest BCUT2D eigenvalue weighted by molar-refractivity contribution is 9.08. The quantitative estimate of drug-likeness (QED) is 0.322. The second-order valence-corrected chi connectivity index (χ2v) is 7.15. The van der Waals surface area contributed by atoms with Gasteiger partial charge in [0.05, 0.1) is 24.4 Å². The van der Waals surface area contributed by atoms with Crippen molar-refractivity contribution in [2.24, 2.45) is 0 Å². The monoisotopic (exact) mass is 482 g/mol. The minimum absolute atomic E-state index is 0.232. The number of imidazole rings is 1. The summed E-state index contributed by atoms with van der Waals surface area (Å²) in [5.74, 6) is 0.751. The predicted octanol–water partition coefficient (Wildman–Crippen LogP) is 5.93. The van der Waals surface area contributed by atoms with E-state index in [2.05, 4.69) is 20.9 Å². The maximum atomic E-state index is 12.5. The van der Waals surface area contributed by atoms with E-state index in [1.165, 1.54) is 0 Å². The van der Waals surface area contributed by atoms with Crippen molar-refractivity contribution in [1.82, 2.24) is 9.55 Å². The number of hydrogen-bond acceptors (Lipinski definition) is 4. The van der Waals surface area contributed by atoms with Gasteiger partial charge in [0, 0.05) is 21.6 Å². The first-order valence-corrected chi connectivity index (χ1v) is 10.3. The number of hydrogen-bond donors (Lipinski definition) is 0. The predicted molar refractivity (Wildman–Crippen MR) is 114 cm³/mol. The zero-order valence-corrected chi connectivity index (χ0v) is 18.3. The summed E-state index contributed by atoms with van der Waals surface area (Å²) < 4.78 is 12.3. The van der Waals surface area contributed by atoms with Crippen molar-refractivity contribution in [3.8, 4) is 22.8 Å². The Bertz CT molecular complexity index is 1000. The van der Waals surface area contributed by atoms with E-state index in [1.807, 2.05) is 28.8 Å². The Kier molecular flexibility index (Phi) is 6.65. The molecule has 0 fully saturated rings. The fourth-order valence-corrected chi connectivity index (χ4v) is 3.81. The minimum atomic E-state index is -0.490. The number of halogens is 3. The normalized spacial score (nSPS) is 10.8. The van der Waals surface area contributed by atoms with Crippen LogP contribution >= 0.6 is 39.1 Å². The zero-order chi connectivity index (χ0) is 20.3. The summed E-state index contributed by atoms with van der Waals surface area (Å²) >= 11 is 15.9. The van der Waals surface area contributed by atoms with Crippen molar-refractivity contribution in [3.05, 3.63) is 63.9 Å². The largest absolute Gasteiger partial charge is 0.497 e. The number of rotatable bonds is 6. The van der Waals surface area contributed by atoms with Gasteiger partial charge in [0.25, 0.3) is 0 Å². The van der Waals surface area contributed by atoms with Crippen molar-refractivity contribution in [2.75, 3.05) is 13.7 Å². The van der Waals surface area contributed by atoms with E-state index < -0.39 is 5.97 Å². The highest BCUT2D eigenvalue weighted by atomic mass is 79.9. The summed E-state index contributed by atoms with van der Waals surface area (Å²) in [5.41, 5.74) is 2.35. The third-order valence-electron chi connectivity index (χ3n) is 4.07. The second kappa shape index (κ2) is 8.99. The highest BCUT2D eigenvalue weighted by Gasteiger charge is 2.25. The number of aromatic nitrogens is 2. The van der Waals surface area contributed by atoms with E-state index in [1.54, 1.807) is 32.2 Å². The van der Waals surface area contributed by atoms with Crippen LogP contribution in [0.5, 0.6) is 5.75 Å². The van der Waals surface area contributed by atoms with E-state index in [9.17, 15) is 4.79 Å². The molecular formula is C20H17BrCl2N2O3. The number of carbonyl (C=O) groups is 1. The number of benzene rings is 2. The fraction of sp³-hybridized carbons (Fsp3) is 0.200. The summed E-state index contributed by atoms with van der Waals surface area (Å²) in [5, 5.41) is 1.34. The van der Waals surface area contributed by atoms with Gasteiger partial charge >= 0.3 is 5.97 Å². The van der Waals surface area contributed by atoms with Crippen LogP contribution in [0.4, 0.5) is 0 Å². The molecule has 1 aromatic heterocycles. The van der Waals surface area contributed by atoms with Crippen molar-refractivity contribution in [3.63, 3.8) is 0 Å². The lowest BCUT2D eigenvalue weighted by Gasteiger charge is -2.13. The summed E-state index contributed by atoms with van der Waals surface area (Å²) in [6.45, 7) is 2.01. The van der Waals surface area contributed by atoms with E-state index in [0.29, 0.717) is 32.5 Å². The Morgan fingerprint density at radius 2 is 1.89 bits per heavy atom. The van der Waals surface area contributed by atoms with Gasteiger partial charge in [-0.15, -0.1) is 0 Å². The third-order valence-corrected chi connectivity index (χ3v) is 5.15. The first-order valence-electron chi connectivity index (χ1n) is 8.44. The number of alkyl halides is 1. The molecule has 8 heteroatoms. The van der Waals surface area contributed by atoms with Gasteiger partial charge < -0.3 is 9.47 Å². The molecule has 0 aliphatic rings. The van der Waals surface area contributed by atoms with Gasteiger partial charge in [-0.2, -0.15) is 0 Å². The molecule has 0 spiro atoms. The van der Waals surface area contributed by atoms with Crippen molar-refractivity contribution in [2.45, 2.75) is 12.3 Å². The Morgan fingerprint density at radius 3 is 2.46 bits per heavy atom. The molecule has 3 aromatic rings. The molecule has 0 aliphatic heterocycles. The Balaban J connectivity index is 2.28. The molecule has 2 aromatic carbocycles. The average molecular weight is 484 g/mol. The van der Waals surface area contributed by atoms with Crippen LogP contribution in [0.25, 0.3) is 17.1 Å². The summed E-state index contributed by atoms with van der Waals surface area (Å²) in [7, 11) is 1.61. The SMILES string of the molecule is CCOC(=O)c1nc(-c2ccc(Cl)cc2Cl)n(-c2ccc(OC)cc2)c1CBr. The van der Waals surface area contributed by atoms with Gasteiger partial charge in [0.15, 0.2) is 5.69 Å². The lowest BCUT2D eigenvalue weighted by Crippen LogP contribution is -2.09. The van der Waals surface area contributed by atoms with E-state index in [-0.39, 0.29) is 12.3 Å². The highest BCUT2D eigenvalue weighted by Crippen LogP contribution is 2.34. The zero-order valence-electron chi connectivity index (χ0n) is 15.2. The maximum Gasteiger partial charge on any atom is 0.358 e. The van der Waals surface area contributed by atoms with Crippen molar-refractivity contribution < 1.29 is 14.3 Å². The fourth-order valence-electron chi connectivity index (χ4n) is 2.80. The topological polar surface area (TPSA) is 53.3 Å². The van der Waals surface area contributed by atoms with Crippen LogP contribution in [-0.4, -0.2) is 29.2 Å². The first-order chi connectivity index (χ1) is 13.5. The van der Waals surface area contributed by atoms with Crippen LogP contribution < -0.4 is 4.74 Å². The molecule has 0 bridgehead atoms. The van der Waals surface area contributed by atoms with E-state index in [0.717, 1.165) is 11.4 Å². The lowest BCUT2D eigenvalue weighted by molar-refractivity contribution is 0.0519. The molecule has 1 heterocycles. The second-order valence-electron chi connectivity index (χ2n) is 5.74. The van der Waals surface area contributed by atoms with Crippen LogP contribution in [0.2, 0.25) is 10.0 Å². The van der Waals surface area contributed by atoms with Crippen molar-refractivity contribution >= 4 is 45.1 Å². The Labute approximate surface area is 181 Å². The number of esters is 1. The molecule has 0 atom stereocenters. The van der Waals surface area contributed by atoms with Gasteiger partial charge in [0.2, 0.25) is 0 Å². The Morgan fingerprint density at radius 1 is 1.18 bits per heavy atom. The smallest absolute Gasteiger partial charge is 0.358 e. The molecule has 3 rings (SSSR count). The molecule has 0 unspecified atom stereocenters. The molecule has 0 saturated carbocycles. The summed E-state index contributed by atoms with van der Waals surface area (Å²) in [4.78, 5) is 17.1. The van der Waals surface area contributed by atoms with Crippen LogP contribution in [0.3, 0.4) is 0 Å². The van der Waals surface area contributed by atoms with Gasteiger partial charge in [-0.1, -0.05) is 39.1 Å². The van der Waals surface area contributed by atoms with E-state index in [4.69, 9.17) is 32.7 Å². The third kappa shape index (κ3) is 4.04. The number of ether oxygens (including phenoxy) is 2. The van der Waals surface area contributed by atoms with Gasteiger partial charge in [-0.3, -0.25) is 4.57 Å². The molecule has 0 aliphatic carbocycles. The van der Waals surface area contributed by atoms with Gasteiger partial charge in [-0.05, 0) is 49.4 Å². The molecule has 0 N–H and O–H groups in total. The molecule has 0 radical (unpaired) electrons. The van der Waals surface area contributed by atoms with Crippen LogP contribution in [0.1, 0.15) is 23.1 Å². The molecular weight excluding hydrogens is 467 g/mol. The van der Waals surface area contributed by atoms with E-state index >= 15 is 0 Å². The number of carbonyl (C=O) groups excluding carboxylic acids is 1. The maximum absolute atomic E-state index is 12.5. The van der Waals surface area contributed by atoms with Crippen LogP contribution in [-0.2, 0) is 10.1 Å². The molecule has 0 saturated heterocycles. The molecule has 0 amide bonds. The molecule has 146 valence electrons.